The summed E-state index contributed by atoms with van der Waals surface area (Å²) in [5.74, 6) is 2.37. The summed E-state index contributed by atoms with van der Waals surface area (Å²) in [5.41, 5.74) is 2.14. The summed E-state index contributed by atoms with van der Waals surface area (Å²) in [6.45, 7) is 6.31. The van der Waals surface area contributed by atoms with Gasteiger partial charge in [-0.3, -0.25) is 0 Å². The normalized spacial score (nSPS) is 12.3. The molecule has 8 nitrogen and oxygen atoms in total. The molecule has 1 atom stereocenters. The predicted octanol–water partition coefficient (Wildman–Crippen LogP) is 2.84. The van der Waals surface area contributed by atoms with Crippen LogP contribution in [0.2, 0.25) is 0 Å². The van der Waals surface area contributed by atoms with Crippen LogP contribution in [-0.2, 0) is 0 Å². The van der Waals surface area contributed by atoms with Crippen LogP contribution >= 0.6 is 0 Å². The quantitative estimate of drug-likeness (QED) is 0.664. The molecule has 0 radical (unpaired) electrons. The van der Waals surface area contributed by atoms with Crippen LogP contribution in [0.5, 0.6) is 0 Å². The SMILES string of the molecule is CC(C)c1nc(N(C)C)nc(N(C)C(C)c2ccc(-n3cncn3)cc2)n1. The average Bonchev–Trinajstić information content (AvgIpc) is 3.21. The minimum Gasteiger partial charge on any atom is -0.347 e. The molecule has 0 bridgehead atoms. The first-order valence-electron chi connectivity index (χ1n) is 8.98. The molecule has 0 saturated heterocycles. The Kier molecular flexibility index (Phi) is 5.34. The van der Waals surface area contributed by atoms with E-state index in [1.165, 1.54) is 11.9 Å². The molecule has 0 amide bonds. The van der Waals surface area contributed by atoms with Gasteiger partial charge in [0.2, 0.25) is 11.9 Å². The highest BCUT2D eigenvalue weighted by molar-refractivity contribution is 5.42. The first-order valence-corrected chi connectivity index (χ1v) is 8.98. The Balaban J connectivity index is 1.87. The van der Waals surface area contributed by atoms with Crippen molar-refractivity contribution < 1.29 is 0 Å². The zero-order valence-electron chi connectivity index (χ0n) is 16.7. The maximum atomic E-state index is 4.67. The molecule has 0 aliphatic carbocycles. The first-order chi connectivity index (χ1) is 12.9. The van der Waals surface area contributed by atoms with Crippen molar-refractivity contribution in [3.63, 3.8) is 0 Å². The monoisotopic (exact) mass is 366 g/mol. The number of benzene rings is 1. The zero-order chi connectivity index (χ0) is 19.6. The Hall–Kier alpha value is -3.03. The highest BCUT2D eigenvalue weighted by Crippen LogP contribution is 2.25. The topological polar surface area (TPSA) is 75.9 Å². The van der Waals surface area contributed by atoms with Crippen molar-refractivity contribution >= 4 is 11.9 Å². The van der Waals surface area contributed by atoms with Gasteiger partial charge in [-0.1, -0.05) is 26.0 Å². The molecule has 2 aromatic heterocycles. The Bertz CT molecular complexity index is 845. The molecule has 142 valence electrons. The smallest absolute Gasteiger partial charge is 0.230 e. The van der Waals surface area contributed by atoms with Crippen LogP contribution in [0.15, 0.2) is 36.9 Å². The van der Waals surface area contributed by atoms with Crippen LogP contribution in [0.3, 0.4) is 0 Å². The average molecular weight is 366 g/mol. The number of anilines is 2. The molecular formula is C19H26N8. The van der Waals surface area contributed by atoms with E-state index in [4.69, 9.17) is 0 Å². The fourth-order valence-electron chi connectivity index (χ4n) is 2.63. The van der Waals surface area contributed by atoms with Gasteiger partial charge in [-0.15, -0.1) is 0 Å². The molecule has 1 unspecified atom stereocenters. The molecule has 0 saturated carbocycles. The number of nitrogens with zero attached hydrogens (tertiary/aromatic N) is 8. The van der Waals surface area contributed by atoms with E-state index < -0.39 is 0 Å². The zero-order valence-corrected chi connectivity index (χ0v) is 16.7. The second kappa shape index (κ2) is 7.69. The summed E-state index contributed by atoms with van der Waals surface area (Å²) in [5, 5.41) is 4.16. The summed E-state index contributed by atoms with van der Waals surface area (Å²) in [7, 11) is 5.89. The van der Waals surface area contributed by atoms with Gasteiger partial charge >= 0.3 is 0 Å². The lowest BCUT2D eigenvalue weighted by molar-refractivity contribution is 0.686. The van der Waals surface area contributed by atoms with E-state index in [0.717, 1.165) is 11.5 Å². The lowest BCUT2D eigenvalue weighted by Crippen LogP contribution is -2.26. The third-order valence-electron chi connectivity index (χ3n) is 4.50. The van der Waals surface area contributed by atoms with Gasteiger partial charge in [0.1, 0.15) is 18.5 Å². The van der Waals surface area contributed by atoms with Crippen LogP contribution < -0.4 is 9.80 Å². The van der Waals surface area contributed by atoms with Gasteiger partial charge < -0.3 is 9.80 Å². The molecule has 0 N–H and O–H groups in total. The molecule has 3 rings (SSSR count). The van der Waals surface area contributed by atoms with Gasteiger partial charge in [0.05, 0.1) is 11.7 Å². The fraction of sp³-hybridized carbons (Fsp3) is 0.421. The second-order valence-corrected chi connectivity index (χ2v) is 7.06. The van der Waals surface area contributed by atoms with Gasteiger partial charge in [0, 0.05) is 27.1 Å². The molecule has 0 fully saturated rings. The highest BCUT2D eigenvalue weighted by Gasteiger charge is 2.19. The first kappa shape index (κ1) is 18.8. The largest absolute Gasteiger partial charge is 0.347 e. The molecule has 2 heterocycles. The van der Waals surface area contributed by atoms with E-state index in [9.17, 15) is 0 Å². The van der Waals surface area contributed by atoms with Gasteiger partial charge in [-0.25, -0.2) is 9.67 Å². The number of hydrogen-bond donors (Lipinski definition) is 0. The minimum absolute atomic E-state index is 0.104. The number of hydrogen-bond acceptors (Lipinski definition) is 7. The van der Waals surface area contributed by atoms with Crippen LogP contribution in [0.25, 0.3) is 5.69 Å². The van der Waals surface area contributed by atoms with E-state index in [-0.39, 0.29) is 12.0 Å². The van der Waals surface area contributed by atoms with Crippen molar-refractivity contribution in [2.75, 3.05) is 30.9 Å². The third-order valence-corrected chi connectivity index (χ3v) is 4.50. The summed E-state index contributed by atoms with van der Waals surface area (Å²) in [6.07, 6.45) is 3.21. The summed E-state index contributed by atoms with van der Waals surface area (Å²) in [4.78, 5) is 21.8. The highest BCUT2D eigenvalue weighted by atomic mass is 15.3. The van der Waals surface area contributed by atoms with E-state index >= 15 is 0 Å². The van der Waals surface area contributed by atoms with Gasteiger partial charge in [0.25, 0.3) is 0 Å². The van der Waals surface area contributed by atoms with Crippen LogP contribution in [-0.4, -0.2) is 50.9 Å². The molecule has 0 spiro atoms. The maximum absolute atomic E-state index is 4.67. The Morgan fingerprint density at radius 2 is 1.56 bits per heavy atom. The molecule has 0 aliphatic heterocycles. The van der Waals surface area contributed by atoms with Crippen molar-refractivity contribution in [2.24, 2.45) is 0 Å². The van der Waals surface area contributed by atoms with Crippen molar-refractivity contribution in [3.05, 3.63) is 48.3 Å². The maximum Gasteiger partial charge on any atom is 0.230 e. The Morgan fingerprint density at radius 3 is 2.11 bits per heavy atom. The molecule has 0 aliphatic rings. The molecular weight excluding hydrogens is 340 g/mol. The third kappa shape index (κ3) is 4.05. The van der Waals surface area contributed by atoms with Crippen molar-refractivity contribution in [1.82, 2.24) is 29.7 Å². The molecule has 1 aromatic carbocycles. The van der Waals surface area contributed by atoms with Crippen LogP contribution in [0.1, 0.15) is 44.1 Å². The molecule has 3 aromatic rings. The van der Waals surface area contributed by atoms with Gasteiger partial charge in [-0.2, -0.15) is 20.1 Å². The summed E-state index contributed by atoms with van der Waals surface area (Å²) >= 11 is 0. The van der Waals surface area contributed by atoms with Gasteiger partial charge in [0.15, 0.2) is 0 Å². The minimum atomic E-state index is 0.104. The summed E-state index contributed by atoms with van der Waals surface area (Å²) in [6, 6.07) is 8.36. The predicted molar refractivity (Wildman–Crippen MR) is 106 cm³/mol. The number of rotatable bonds is 6. The number of aromatic nitrogens is 6. The molecule has 27 heavy (non-hydrogen) atoms. The standard InChI is InChI=1S/C19H26N8/c1-13(2)17-22-18(25(4)5)24-19(23-17)26(6)14(3)15-7-9-16(10-8-15)27-12-20-11-21-27/h7-14H,1-6H3. The molecule has 8 heteroatoms. The fourth-order valence-corrected chi connectivity index (χ4v) is 2.63. The van der Waals surface area contributed by atoms with E-state index in [1.54, 1.807) is 11.0 Å². The van der Waals surface area contributed by atoms with Crippen LogP contribution in [0.4, 0.5) is 11.9 Å². The second-order valence-electron chi connectivity index (χ2n) is 7.06. The Morgan fingerprint density at radius 1 is 0.889 bits per heavy atom. The summed E-state index contributed by atoms with van der Waals surface area (Å²) < 4.78 is 1.74. The van der Waals surface area contributed by atoms with Crippen molar-refractivity contribution in [2.45, 2.75) is 32.7 Å². The lowest BCUT2D eigenvalue weighted by atomic mass is 10.1. The van der Waals surface area contributed by atoms with Gasteiger partial charge in [-0.05, 0) is 24.6 Å². The van der Waals surface area contributed by atoms with E-state index in [0.29, 0.717) is 11.9 Å². The van der Waals surface area contributed by atoms with Crippen LogP contribution in [0, 0.1) is 0 Å². The van der Waals surface area contributed by atoms with E-state index in [2.05, 4.69) is 62.8 Å². The lowest BCUT2D eigenvalue weighted by Gasteiger charge is -2.27. The Labute approximate surface area is 159 Å². The van der Waals surface area contributed by atoms with E-state index in [1.807, 2.05) is 38.2 Å². The van der Waals surface area contributed by atoms with Crippen molar-refractivity contribution in [3.8, 4) is 5.69 Å². The van der Waals surface area contributed by atoms with Crippen molar-refractivity contribution in [1.29, 1.82) is 0 Å².